The lowest BCUT2D eigenvalue weighted by molar-refractivity contribution is 0.0777. The molecule has 1 saturated carbocycles. The topological polar surface area (TPSA) is 36.4 Å². The third-order valence-corrected chi connectivity index (χ3v) is 5.23. The van der Waals surface area contributed by atoms with Crippen molar-refractivity contribution in [1.29, 1.82) is 0 Å². The monoisotopic (exact) mass is 285 g/mol. The molecule has 3 heterocycles. The summed E-state index contributed by atoms with van der Waals surface area (Å²) in [6, 6.07) is 5.87. The van der Waals surface area contributed by atoms with E-state index in [2.05, 4.69) is 16.8 Å². The van der Waals surface area contributed by atoms with Crippen molar-refractivity contribution in [3.63, 3.8) is 0 Å². The molecule has 0 radical (unpaired) electrons. The van der Waals surface area contributed by atoms with Gasteiger partial charge in [-0.05, 0) is 42.7 Å². The summed E-state index contributed by atoms with van der Waals surface area (Å²) in [6.45, 7) is 7.29. The Morgan fingerprint density at radius 1 is 1.33 bits per heavy atom. The summed E-state index contributed by atoms with van der Waals surface area (Å²) in [7, 11) is 0. The van der Waals surface area contributed by atoms with E-state index < -0.39 is 0 Å². The quantitative estimate of drug-likeness (QED) is 0.854. The van der Waals surface area contributed by atoms with Gasteiger partial charge in [0.1, 0.15) is 5.69 Å². The van der Waals surface area contributed by atoms with E-state index in [-0.39, 0.29) is 5.91 Å². The molecule has 1 aliphatic carbocycles. The second-order valence-electron chi connectivity index (χ2n) is 7.29. The van der Waals surface area contributed by atoms with Crippen molar-refractivity contribution in [3.05, 3.63) is 29.6 Å². The van der Waals surface area contributed by atoms with Crippen molar-refractivity contribution in [2.24, 2.45) is 11.3 Å². The number of pyridine rings is 1. The van der Waals surface area contributed by atoms with Crippen molar-refractivity contribution in [2.45, 2.75) is 32.7 Å². The van der Waals surface area contributed by atoms with Crippen molar-refractivity contribution < 1.29 is 4.79 Å². The van der Waals surface area contributed by atoms with E-state index in [9.17, 15) is 4.79 Å². The number of likely N-dealkylation sites (tertiary alicyclic amines) is 2. The molecule has 0 N–H and O–H groups in total. The Kier molecular flexibility index (Phi) is 3.03. The third-order valence-electron chi connectivity index (χ3n) is 5.23. The van der Waals surface area contributed by atoms with Crippen molar-refractivity contribution in [3.8, 4) is 0 Å². The van der Waals surface area contributed by atoms with Crippen LogP contribution in [0.3, 0.4) is 0 Å². The van der Waals surface area contributed by atoms with E-state index in [0.717, 1.165) is 44.3 Å². The first-order valence-corrected chi connectivity index (χ1v) is 8.11. The largest absolute Gasteiger partial charge is 0.337 e. The Balaban J connectivity index is 1.43. The van der Waals surface area contributed by atoms with Crippen LogP contribution in [0.25, 0.3) is 0 Å². The summed E-state index contributed by atoms with van der Waals surface area (Å²) in [5, 5.41) is 0. The molecule has 4 rings (SSSR count). The van der Waals surface area contributed by atoms with Gasteiger partial charge in [0.2, 0.25) is 0 Å². The minimum atomic E-state index is 0.123. The highest BCUT2D eigenvalue weighted by atomic mass is 16.2. The van der Waals surface area contributed by atoms with Crippen LogP contribution in [0.4, 0.5) is 0 Å². The Morgan fingerprint density at radius 3 is 2.81 bits per heavy atom. The van der Waals surface area contributed by atoms with Gasteiger partial charge in [0.05, 0.1) is 5.69 Å². The third kappa shape index (κ3) is 2.57. The minimum Gasteiger partial charge on any atom is -0.337 e. The van der Waals surface area contributed by atoms with Gasteiger partial charge in [-0.3, -0.25) is 9.69 Å². The minimum absolute atomic E-state index is 0.123. The lowest BCUT2D eigenvalue weighted by Crippen LogP contribution is -2.44. The second-order valence-corrected chi connectivity index (χ2v) is 7.29. The van der Waals surface area contributed by atoms with E-state index in [1.807, 2.05) is 23.1 Å². The first-order valence-electron chi connectivity index (χ1n) is 8.11. The van der Waals surface area contributed by atoms with Gasteiger partial charge >= 0.3 is 0 Å². The van der Waals surface area contributed by atoms with Gasteiger partial charge < -0.3 is 4.90 Å². The highest BCUT2D eigenvalue weighted by Crippen LogP contribution is 2.52. The average molecular weight is 285 g/mol. The van der Waals surface area contributed by atoms with E-state index >= 15 is 0 Å². The second kappa shape index (κ2) is 4.80. The van der Waals surface area contributed by atoms with Gasteiger partial charge in [0, 0.05) is 32.7 Å². The molecular formula is C17H23N3O. The van der Waals surface area contributed by atoms with Gasteiger partial charge in [-0.2, -0.15) is 0 Å². The van der Waals surface area contributed by atoms with Gasteiger partial charge in [-0.25, -0.2) is 4.98 Å². The van der Waals surface area contributed by atoms with Crippen LogP contribution in [-0.2, 0) is 6.54 Å². The van der Waals surface area contributed by atoms with Gasteiger partial charge in [0.15, 0.2) is 0 Å². The molecule has 112 valence electrons. The summed E-state index contributed by atoms with van der Waals surface area (Å²) in [6.07, 6.45) is 3.79. The van der Waals surface area contributed by atoms with Crippen LogP contribution in [0.5, 0.6) is 0 Å². The highest BCUT2D eigenvalue weighted by molar-refractivity contribution is 5.92. The number of nitrogens with zero attached hydrogens (tertiary/aromatic N) is 3. The lowest BCUT2D eigenvalue weighted by Gasteiger charge is -2.36. The Labute approximate surface area is 126 Å². The molecule has 2 aliphatic heterocycles. The summed E-state index contributed by atoms with van der Waals surface area (Å²) in [5.41, 5.74) is 2.13. The van der Waals surface area contributed by atoms with Crippen LogP contribution in [0.1, 0.15) is 42.4 Å². The molecule has 0 aromatic carbocycles. The van der Waals surface area contributed by atoms with E-state index in [1.54, 1.807) is 0 Å². The maximum absolute atomic E-state index is 12.6. The van der Waals surface area contributed by atoms with Crippen molar-refractivity contribution in [2.75, 3.05) is 26.2 Å². The Morgan fingerprint density at radius 2 is 2.14 bits per heavy atom. The molecule has 4 heteroatoms. The van der Waals surface area contributed by atoms with Gasteiger partial charge in [0.25, 0.3) is 5.91 Å². The molecule has 1 aromatic rings. The number of rotatable bonds is 3. The summed E-state index contributed by atoms with van der Waals surface area (Å²) >= 11 is 0. The van der Waals surface area contributed by atoms with Gasteiger partial charge in [-0.1, -0.05) is 13.0 Å². The van der Waals surface area contributed by atoms with E-state index in [0.29, 0.717) is 11.1 Å². The van der Waals surface area contributed by atoms with Crippen LogP contribution < -0.4 is 0 Å². The molecule has 1 amide bonds. The molecule has 1 aromatic heterocycles. The molecule has 1 spiro atoms. The smallest absolute Gasteiger partial charge is 0.272 e. The first kappa shape index (κ1) is 13.3. The number of carbonyl (C=O) groups is 1. The van der Waals surface area contributed by atoms with E-state index in [1.165, 1.54) is 19.3 Å². The molecule has 21 heavy (non-hydrogen) atoms. The van der Waals surface area contributed by atoms with E-state index in [4.69, 9.17) is 0 Å². The number of aromatic nitrogens is 1. The van der Waals surface area contributed by atoms with Crippen molar-refractivity contribution >= 4 is 5.91 Å². The molecule has 4 nitrogen and oxygen atoms in total. The number of amides is 1. The van der Waals surface area contributed by atoms with Crippen LogP contribution in [-0.4, -0.2) is 46.9 Å². The van der Waals surface area contributed by atoms with Crippen LogP contribution in [0.15, 0.2) is 18.2 Å². The summed E-state index contributed by atoms with van der Waals surface area (Å²) < 4.78 is 0. The zero-order valence-electron chi connectivity index (χ0n) is 12.7. The maximum atomic E-state index is 12.6. The molecule has 3 fully saturated rings. The SMILES string of the molecule is CC1CN(Cc2cccc(C(=O)N3CCC4(CC4)C3)n2)C1. The number of hydrogen-bond donors (Lipinski definition) is 0. The zero-order valence-corrected chi connectivity index (χ0v) is 12.7. The molecule has 0 atom stereocenters. The predicted molar refractivity (Wildman–Crippen MR) is 80.9 cm³/mol. The number of carbonyl (C=O) groups excluding carboxylic acids is 1. The van der Waals surface area contributed by atoms with Crippen LogP contribution in [0.2, 0.25) is 0 Å². The fourth-order valence-electron chi connectivity index (χ4n) is 3.73. The molecule has 0 unspecified atom stereocenters. The predicted octanol–water partition coefficient (Wildman–Crippen LogP) is 2.16. The summed E-state index contributed by atoms with van der Waals surface area (Å²) in [5.74, 6) is 0.923. The fraction of sp³-hybridized carbons (Fsp3) is 0.647. The molecule has 0 bridgehead atoms. The Bertz CT molecular complexity index is 561. The highest BCUT2D eigenvalue weighted by Gasteiger charge is 2.48. The first-order chi connectivity index (χ1) is 10.1. The lowest BCUT2D eigenvalue weighted by atomic mass is 10.0. The average Bonchev–Trinajstić information content (AvgIpc) is 3.07. The normalized spacial score (nSPS) is 24.3. The maximum Gasteiger partial charge on any atom is 0.272 e. The molecular weight excluding hydrogens is 262 g/mol. The van der Waals surface area contributed by atoms with Crippen molar-refractivity contribution in [1.82, 2.24) is 14.8 Å². The zero-order chi connectivity index (χ0) is 14.4. The molecule has 2 saturated heterocycles. The standard InChI is InChI=1S/C17H23N3O/c1-13-9-19(10-13)11-14-3-2-4-15(18-14)16(21)20-8-7-17(12-20)5-6-17/h2-4,13H,5-12H2,1H3. The van der Waals surface area contributed by atoms with Crippen LogP contribution in [0, 0.1) is 11.3 Å². The van der Waals surface area contributed by atoms with Gasteiger partial charge in [-0.15, -0.1) is 0 Å². The Hall–Kier alpha value is -1.42. The number of hydrogen-bond acceptors (Lipinski definition) is 3. The molecule has 3 aliphatic rings. The summed E-state index contributed by atoms with van der Waals surface area (Å²) in [4.78, 5) is 21.6. The van der Waals surface area contributed by atoms with Crippen LogP contribution >= 0.6 is 0 Å². The fourth-order valence-corrected chi connectivity index (χ4v) is 3.73.